The van der Waals surface area contributed by atoms with Gasteiger partial charge < -0.3 is 10.1 Å². The van der Waals surface area contributed by atoms with E-state index < -0.39 is 12.1 Å². The first-order chi connectivity index (χ1) is 11.9. The lowest BCUT2D eigenvalue weighted by Crippen LogP contribution is -2.37. The Bertz CT molecular complexity index is 756. The highest BCUT2D eigenvalue weighted by Gasteiger charge is 2.19. The van der Waals surface area contributed by atoms with E-state index in [4.69, 9.17) is 4.74 Å². The molecular formula is C20H22FNO3. The molecule has 0 saturated carbocycles. The van der Waals surface area contributed by atoms with Crippen molar-refractivity contribution in [1.82, 2.24) is 5.32 Å². The molecular weight excluding hydrogens is 321 g/mol. The van der Waals surface area contributed by atoms with E-state index in [9.17, 15) is 14.0 Å². The first kappa shape index (κ1) is 18.6. The van der Waals surface area contributed by atoms with E-state index in [1.807, 2.05) is 26.0 Å². The fraction of sp³-hybridized carbons (Fsp3) is 0.300. The van der Waals surface area contributed by atoms with E-state index in [0.717, 1.165) is 16.7 Å². The fourth-order valence-corrected chi connectivity index (χ4v) is 2.45. The quantitative estimate of drug-likeness (QED) is 0.819. The van der Waals surface area contributed by atoms with Crippen molar-refractivity contribution in [2.24, 2.45) is 0 Å². The normalized spacial score (nSPS) is 11.7. The van der Waals surface area contributed by atoms with Crippen molar-refractivity contribution in [1.29, 1.82) is 0 Å². The van der Waals surface area contributed by atoms with Gasteiger partial charge in [-0.2, -0.15) is 0 Å². The molecule has 1 atom stereocenters. The molecule has 0 heterocycles. The Hall–Kier alpha value is -2.69. The minimum atomic E-state index is -0.888. The van der Waals surface area contributed by atoms with Gasteiger partial charge in [0.25, 0.3) is 5.91 Å². The second-order valence-corrected chi connectivity index (χ2v) is 6.03. The smallest absolute Gasteiger partial charge is 0.339 e. The second kappa shape index (κ2) is 8.42. The molecule has 4 nitrogen and oxygen atoms in total. The molecule has 0 radical (unpaired) electrons. The number of hydrogen-bond acceptors (Lipinski definition) is 3. The third-order valence-corrected chi connectivity index (χ3v) is 3.88. The van der Waals surface area contributed by atoms with Crippen molar-refractivity contribution in [2.75, 3.05) is 6.54 Å². The van der Waals surface area contributed by atoms with Crippen molar-refractivity contribution < 1.29 is 18.7 Å². The van der Waals surface area contributed by atoms with Crippen LogP contribution in [0.4, 0.5) is 4.39 Å². The monoisotopic (exact) mass is 343 g/mol. The van der Waals surface area contributed by atoms with E-state index >= 15 is 0 Å². The molecule has 1 N–H and O–H groups in total. The van der Waals surface area contributed by atoms with Gasteiger partial charge in [-0.15, -0.1) is 0 Å². The number of hydrogen-bond donors (Lipinski definition) is 1. The number of nitrogens with one attached hydrogen (secondary N) is 1. The standard InChI is InChI=1S/C20H22FNO3/c1-13-4-9-18(14(2)12-13)20(24)25-15(3)19(23)22-11-10-16-5-7-17(21)8-6-16/h4-9,12,15H,10-11H2,1-3H3,(H,22,23)/t15-/m1/s1. The SMILES string of the molecule is Cc1ccc(C(=O)O[C@H](C)C(=O)NCCc2ccc(F)cc2)c(C)c1. The van der Waals surface area contributed by atoms with Crippen LogP contribution in [0.15, 0.2) is 42.5 Å². The summed E-state index contributed by atoms with van der Waals surface area (Å²) in [6.45, 7) is 5.70. The van der Waals surface area contributed by atoms with Crippen LogP contribution in [-0.4, -0.2) is 24.5 Å². The summed E-state index contributed by atoms with van der Waals surface area (Å²) >= 11 is 0. The molecule has 0 saturated heterocycles. The molecule has 0 aliphatic heterocycles. The van der Waals surface area contributed by atoms with Crippen molar-refractivity contribution in [3.63, 3.8) is 0 Å². The van der Waals surface area contributed by atoms with Gasteiger partial charge in [-0.3, -0.25) is 4.79 Å². The molecule has 0 bridgehead atoms. The zero-order chi connectivity index (χ0) is 18.4. The zero-order valence-electron chi connectivity index (χ0n) is 14.6. The molecule has 132 valence electrons. The molecule has 0 aromatic heterocycles. The number of esters is 1. The third-order valence-electron chi connectivity index (χ3n) is 3.88. The van der Waals surface area contributed by atoms with Crippen molar-refractivity contribution in [3.8, 4) is 0 Å². The van der Waals surface area contributed by atoms with Crippen molar-refractivity contribution in [2.45, 2.75) is 33.3 Å². The molecule has 0 aliphatic carbocycles. The largest absolute Gasteiger partial charge is 0.449 e. The molecule has 2 rings (SSSR count). The number of carbonyl (C=O) groups excluding carboxylic acids is 2. The summed E-state index contributed by atoms with van der Waals surface area (Å²) in [5, 5.41) is 2.72. The van der Waals surface area contributed by atoms with Crippen LogP contribution in [-0.2, 0) is 16.0 Å². The Balaban J connectivity index is 1.83. The molecule has 0 spiro atoms. The second-order valence-electron chi connectivity index (χ2n) is 6.03. The van der Waals surface area contributed by atoms with Gasteiger partial charge in [0.2, 0.25) is 0 Å². The van der Waals surface area contributed by atoms with E-state index in [-0.39, 0.29) is 11.7 Å². The summed E-state index contributed by atoms with van der Waals surface area (Å²) in [6, 6.07) is 11.5. The highest BCUT2D eigenvalue weighted by molar-refractivity contribution is 5.93. The highest BCUT2D eigenvalue weighted by atomic mass is 19.1. The molecule has 1 amide bonds. The summed E-state index contributed by atoms with van der Waals surface area (Å²) in [5.41, 5.74) is 3.24. The van der Waals surface area contributed by atoms with Crippen LogP contribution in [0.5, 0.6) is 0 Å². The Kier molecular flexibility index (Phi) is 6.28. The van der Waals surface area contributed by atoms with Crippen LogP contribution in [0.2, 0.25) is 0 Å². The minimum Gasteiger partial charge on any atom is -0.449 e. The van der Waals surface area contributed by atoms with Crippen LogP contribution in [0.25, 0.3) is 0 Å². The van der Waals surface area contributed by atoms with E-state index in [0.29, 0.717) is 18.5 Å². The van der Waals surface area contributed by atoms with Gasteiger partial charge in [0.05, 0.1) is 5.56 Å². The Labute approximate surface area is 147 Å². The number of amides is 1. The third kappa shape index (κ3) is 5.41. The van der Waals surface area contributed by atoms with E-state index in [1.165, 1.54) is 19.1 Å². The van der Waals surface area contributed by atoms with Gasteiger partial charge >= 0.3 is 5.97 Å². The predicted octanol–water partition coefficient (Wildman–Crippen LogP) is 3.35. The average Bonchev–Trinajstić information content (AvgIpc) is 2.56. The number of benzene rings is 2. The number of ether oxygens (including phenoxy) is 1. The molecule has 5 heteroatoms. The lowest BCUT2D eigenvalue weighted by Gasteiger charge is -2.14. The minimum absolute atomic E-state index is 0.292. The molecule has 2 aromatic rings. The zero-order valence-corrected chi connectivity index (χ0v) is 14.6. The maximum atomic E-state index is 12.8. The van der Waals surface area contributed by atoms with E-state index in [2.05, 4.69) is 5.32 Å². The molecule has 2 aromatic carbocycles. The Morgan fingerprint density at radius 1 is 1.12 bits per heavy atom. The molecule has 0 aliphatic rings. The number of aryl methyl sites for hydroxylation is 2. The number of carbonyl (C=O) groups is 2. The van der Waals surface area contributed by atoms with Crippen LogP contribution in [0, 0.1) is 19.7 Å². The van der Waals surface area contributed by atoms with Crippen LogP contribution >= 0.6 is 0 Å². The topological polar surface area (TPSA) is 55.4 Å². The van der Waals surface area contributed by atoms with Gasteiger partial charge in [0.15, 0.2) is 6.10 Å². The van der Waals surface area contributed by atoms with Crippen molar-refractivity contribution >= 4 is 11.9 Å². The van der Waals surface area contributed by atoms with E-state index in [1.54, 1.807) is 18.2 Å². The summed E-state index contributed by atoms with van der Waals surface area (Å²) in [4.78, 5) is 24.2. The van der Waals surface area contributed by atoms with Gasteiger partial charge in [-0.05, 0) is 56.5 Å². The Morgan fingerprint density at radius 3 is 2.44 bits per heavy atom. The average molecular weight is 343 g/mol. The summed E-state index contributed by atoms with van der Waals surface area (Å²) < 4.78 is 18.1. The van der Waals surface area contributed by atoms with Crippen molar-refractivity contribution in [3.05, 3.63) is 70.5 Å². The summed E-state index contributed by atoms with van der Waals surface area (Å²) in [5.74, 6) is -1.17. The molecule has 25 heavy (non-hydrogen) atoms. The van der Waals surface area contributed by atoms with Crippen LogP contribution in [0.3, 0.4) is 0 Å². The van der Waals surface area contributed by atoms with Crippen LogP contribution < -0.4 is 5.32 Å². The van der Waals surface area contributed by atoms with Gasteiger partial charge in [0.1, 0.15) is 5.82 Å². The lowest BCUT2D eigenvalue weighted by molar-refractivity contribution is -0.129. The number of rotatable bonds is 6. The Morgan fingerprint density at radius 2 is 1.80 bits per heavy atom. The first-order valence-electron chi connectivity index (χ1n) is 8.17. The maximum Gasteiger partial charge on any atom is 0.339 e. The van der Waals surface area contributed by atoms with Gasteiger partial charge in [-0.1, -0.05) is 29.8 Å². The van der Waals surface area contributed by atoms with Crippen LogP contribution in [0.1, 0.15) is 34.0 Å². The maximum absolute atomic E-state index is 12.8. The summed E-state index contributed by atoms with van der Waals surface area (Å²) in [7, 11) is 0. The number of halogens is 1. The lowest BCUT2D eigenvalue weighted by atomic mass is 10.1. The van der Waals surface area contributed by atoms with Gasteiger partial charge in [-0.25, -0.2) is 9.18 Å². The fourth-order valence-electron chi connectivity index (χ4n) is 2.45. The first-order valence-corrected chi connectivity index (χ1v) is 8.17. The van der Waals surface area contributed by atoms with Gasteiger partial charge in [0, 0.05) is 6.54 Å². The highest BCUT2D eigenvalue weighted by Crippen LogP contribution is 2.13. The molecule has 0 fully saturated rings. The predicted molar refractivity (Wildman–Crippen MR) is 93.9 cm³/mol. The summed E-state index contributed by atoms with van der Waals surface area (Å²) in [6.07, 6.45) is -0.314. The molecule has 0 unspecified atom stereocenters.